The summed E-state index contributed by atoms with van der Waals surface area (Å²) in [5.74, 6) is 0.892. The molecule has 0 saturated heterocycles. The van der Waals surface area contributed by atoms with Crippen molar-refractivity contribution >= 4 is 5.52 Å². The molecule has 0 aliphatic carbocycles. The van der Waals surface area contributed by atoms with Gasteiger partial charge in [0.25, 0.3) is 0 Å². The SMILES string of the molecule is NCc1cccn2c(-c3cccnc3)ncc12. The van der Waals surface area contributed by atoms with E-state index in [0.717, 1.165) is 22.5 Å². The average Bonchev–Trinajstić information content (AvgIpc) is 2.83. The quantitative estimate of drug-likeness (QED) is 0.722. The van der Waals surface area contributed by atoms with Crippen molar-refractivity contribution in [1.82, 2.24) is 14.4 Å². The smallest absolute Gasteiger partial charge is 0.146 e. The molecule has 0 fully saturated rings. The molecule has 3 heterocycles. The van der Waals surface area contributed by atoms with Gasteiger partial charge in [-0.1, -0.05) is 6.07 Å². The van der Waals surface area contributed by atoms with Crippen molar-refractivity contribution < 1.29 is 0 Å². The number of aromatic nitrogens is 3. The molecular formula is C13H12N4. The van der Waals surface area contributed by atoms with Gasteiger partial charge in [0.2, 0.25) is 0 Å². The summed E-state index contributed by atoms with van der Waals surface area (Å²) < 4.78 is 2.04. The van der Waals surface area contributed by atoms with E-state index in [-0.39, 0.29) is 0 Å². The molecule has 3 rings (SSSR count). The Labute approximate surface area is 98.8 Å². The molecule has 0 atom stereocenters. The highest BCUT2D eigenvalue weighted by Gasteiger charge is 2.07. The predicted molar refractivity (Wildman–Crippen MR) is 66.3 cm³/mol. The van der Waals surface area contributed by atoms with Gasteiger partial charge in [0.05, 0.1) is 11.7 Å². The van der Waals surface area contributed by atoms with E-state index in [0.29, 0.717) is 6.54 Å². The minimum atomic E-state index is 0.516. The normalized spacial score (nSPS) is 10.9. The number of hydrogen-bond acceptors (Lipinski definition) is 3. The third-order valence-electron chi connectivity index (χ3n) is 2.80. The van der Waals surface area contributed by atoms with Crippen LogP contribution in [-0.4, -0.2) is 14.4 Å². The van der Waals surface area contributed by atoms with Crippen LogP contribution in [0.25, 0.3) is 16.9 Å². The highest BCUT2D eigenvalue weighted by Crippen LogP contribution is 2.20. The summed E-state index contributed by atoms with van der Waals surface area (Å²) in [6.45, 7) is 0.516. The number of nitrogens with two attached hydrogens (primary N) is 1. The maximum Gasteiger partial charge on any atom is 0.146 e. The van der Waals surface area contributed by atoms with Crippen molar-refractivity contribution in [2.45, 2.75) is 6.54 Å². The summed E-state index contributed by atoms with van der Waals surface area (Å²) in [5, 5.41) is 0. The average molecular weight is 224 g/mol. The second kappa shape index (κ2) is 3.99. The Bertz CT molecular complexity index is 643. The molecule has 0 unspecified atom stereocenters. The molecule has 3 aromatic rings. The fourth-order valence-corrected chi connectivity index (χ4v) is 1.96. The first kappa shape index (κ1) is 9.99. The molecule has 4 nitrogen and oxygen atoms in total. The van der Waals surface area contributed by atoms with Crippen LogP contribution in [0.2, 0.25) is 0 Å². The molecule has 0 aliphatic rings. The Morgan fingerprint density at radius 3 is 2.88 bits per heavy atom. The fourth-order valence-electron chi connectivity index (χ4n) is 1.96. The molecule has 0 radical (unpaired) electrons. The number of rotatable bonds is 2. The van der Waals surface area contributed by atoms with Crippen LogP contribution in [0, 0.1) is 0 Å². The van der Waals surface area contributed by atoms with Crippen LogP contribution in [0.5, 0.6) is 0 Å². The molecule has 0 spiro atoms. The lowest BCUT2D eigenvalue weighted by Crippen LogP contribution is -1.99. The molecule has 4 heteroatoms. The van der Waals surface area contributed by atoms with E-state index >= 15 is 0 Å². The van der Waals surface area contributed by atoms with Crippen LogP contribution in [0.4, 0.5) is 0 Å². The predicted octanol–water partition coefficient (Wildman–Crippen LogP) is 1.85. The minimum absolute atomic E-state index is 0.516. The van der Waals surface area contributed by atoms with Crippen LogP contribution in [0.15, 0.2) is 49.1 Å². The lowest BCUT2D eigenvalue weighted by molar-refractivity contribution is 1.05. The van der Waals surface area contributed by atoms with Crippen LogP contribution in [0.1, 0.15) is 5.56 Å². The van der Waals surface area contributed by atoms with Gasteiger partial charge in [-0.25, -0.2) is 4.98 Å². The van der Waals surface area contributed by atoms with E-state index in [1.165, 1.54) is 0 Å². The first-order chi connectivity index (χ1) is 8.40. The Balaban J connectivity index is 2.26. The van der Waals surface area contributed by atoms with Crippen molar-refractivity contribution in [2.75, 3.05) is 0 Å². The molecule has 0 saturated carbocycles. The molecule has 0 aliphatic heterocycles. The molecule has 0 bridgehead atoms. The molecule has 2 N–H and O–H groups in total. The van der Waals surface area contributed by atoms with E-state index in [1.807, 2.05) is 47.3 Å². The number of fused-ring (bicyclic) bond motifs is 1. The Morgan fingerprint density at radius 2 is 2.12 bits per heavy atom. The number of pyridine rings is 2. The van der Waals surface area contributed by atoms with Gasteiger partial charge in [-0.15, -0.1) is 0 Å². The third kappa shape index (κ3) is 1.59. The summed E-state index contributed by atoms with van der Waals surface area (Å²) in [6, 6.07) is 7.90. The van der Waals surface area contributed by atoms with Gasteiger partial charge in [0.1, 0.15) is 5.82 Å². The number of nitrogens with zero attached hydrogens (tertiary/aromatic N) is 3. The summed E-state index contributed by atoms with van der Waals surface area (Å²) in [5.41, 5.74) is 8.85. The van der Waals surface area contributed by atoms with Crippen molar-refractivity contribution in [1.29, 1.82) is 0 Å². The first-order valence-electron chi connectivity index (χ1n) is 5.45. The zero-order chi connectivity index (χ0) is 11.7. The standard InChI is InChI=1S/C13H12N4/c14-7-10-4-2-6-17-12(10)9-16-13(17)11-3-1-5-15-8-11/h1-6,8-9H,7,14H2. The highest BCUT2D eigenvalue weighted by molar-refractivity contribution is 5.64. The molecule has 0 aromatic carbocycles. The molecular weight excluding hydrogens is 212 g/mol. The zero-order valence-electron chi connectivity index (χ0n) is 9.24. The van der Waals surface area contributed by atoms with Gasteiger partial charge in [0, 0.05) is 30.7 Å². The third-order valence-corrected chi connectivity index (χ3v) is 2.80. The topological polar surface area (TPSA) is 56.2 Å². The molecule has 17 heavy (non-hydrogen) atoms. The van der Waals surface area contributed by atoms with Gasteiger partial charge in [-0.2, -0.15) is 0 Å². The summed E-state index contributed by atoms with van der Waals surface area (Å²) in [7, 11) is 0. The summed E-state index contributed by atoms with van der Waals surface area (Å²) in [6.07, 6.45) is 7.41. The summed E-state index contributed by atoms with van der Waals surface area (Å²) >= 11 is 0. The molecule has 0 amide bonds. The lowest BCUT2D eigenvalue weighted by Gasteiger charge is -2.03. The van der Waals surface area contributed by atoms with Crippen molar-refractivity contribution in [3.8, 4) is 11.4 Å². The van der Waals surface area contributed by atoms with E-state index in [2.05, 4.69) is 9.97 Å². The second-order valence-electron chi connectivity index (χ2n) is 3.82. The van der Waals surface area contributed by atoms with Crippen LogP contribution in [0.3, 0.4) is 0 Å². The maximum atomic E-state index is 5.71. The maximum absolute atomic E-state index is 5.71. The van der Waals surface area contributed by atoms with Crippen molar-refractivity contribution in [2.24, 2.45) is 5.73 Å². The molecule has 3 aromatic heterocycles. The van der Waals surface area contributed by atoms with Crippen LogP contribution >= 0.6 is 0 Å². The van der Waals surface area contributed by atoms with Gasteiger partial charge in [-0.3, -0.25) is 9.38 Å². The number of hydrogen-bond donors (Lipinski definition) is 1. The van der Waals surface area contributed by atoms with Gasteiger partial charge < -0.3 is 5.73 Å². The lowest BCUT2D eigenvalue weighted by atomic mass is 10.2. The number of imidazole rings is 1. The van der Waals surface area contributed by atoms with Gasteiger partial charge in [-0.05, 0) is 23.8 Å². The summed E-state index contributed by atoms with van der Waals surface area (Å²) in [4.78, 5) is 8.55. The van der Waals surface area contributed by atoms with Crippen molar-refractivity contribution in [3.63, 3.8) is 0 Å². The molecule has 84 valence electrons. The Hall–Kier alpha value is -2.20. The van der Waals surface area contributed by atoms with Crippen LogP contribution < -0.4 is 5.73 Å². The highest BCUT2D eigenvalue weighted by atomic mass is 15.0. The van der Waals surface area contributed by atoms with Crippen molar-refractivity contribution in [3.05, 3.63) is 54.6 Å². The zero-order valence-corrected chi connectivity index (χ0v) is 9.24. The fraction of sp³-hybridized carbons (Fsp3) is 0.0769. The largest absolute Gasteiger partial charge is 0.326 e. The van der Waals surface area contributed by atoms with E-state index in [1.54, 1.807) is 6.20 Å². The second-order valence-corrected chi connectivity index (χ2v) is 3.82. The van der Waals surface area contributed by atoms with E-state index in [4.69, 9.17) is 5.73 Å². The van der Waals surface area contributed by atoms with Gasteiger partial charge >= 0.3 is 0 Å². The Kier molecular flexibility index (Phi) is 2.34. The van der Waals surface area contributed by atoms with E-state index < -0.39 is 0 Å². The van der Waals surface area contributed by atoms with Crippen LogP contribution in [-0.2, 0) is 6.54 Å². The Morgan fingerprint density at radius 1 is 1.18 bits per heavy atom. The first-order valence-corrected chi connectivity index (χ1v) is 5.45. The monoisotopic (exact) mass is 224 g/mol. The van der Waals surface area contributed by atoms with Gasteiger partial charge in [0.15, 0.2) is 0 Å². The minimum Gasteiger partial charge on any atom is -0.326 e. The van der Waals surface area contributed by atoms with E-state index in [9.17, 15) is 0 Å².